The van der Waals surface area contributed by atoms with Gasteiger partial charge in [0.25, 0.3) is 0 Å². The number of aromatic carboxylic acids is 1. The summed E-state index contributed by atoms with van der Waals surface area (Å²) in [6.07, 6.45) is 1.29. The van der Waals surface area contributed by atoms with Crippen molar-refractivity contribution in [2.24, 2.45) is 5.10 Å². The van der Waals surface area contributed by atoms with Crippen molar-refractivity contribution in [2.75, 3.05) is 10.6 Å². The molecule has 0 saturated carbocycles. The molecule has 0 fully saturated rings. The van der Waals surface area contributed by atoms with E-state index >= 15 is 0 Å². The van der Waals surface area contributed by atoms with Crippen LogP contribution in [-0.2, 0) is 9.59 Å². The van der Waals surface area contributed by atoms with Gasteiger partial charge in [0.15, 0.2) is 0 Å². The molecular formula is C25H24N4O4. The second-order valence-corrected chi connectivity index (χ2v) is 7.52. The number of carbonyl (C=O) groups excluding carboxylic acids is 2. The molecule has 0 aliphatic rings. The molecule has 8 heteroatoms. The first-order valence-corrected chi connectivity index (χ1v) is 10.2. The third-order valence-corrected chi connectivity index (χ3v) is 4.92. The molecule has 0 aliphatic heterocycles. The van der Waals surface area contributed by atoms with Crippen molar-refractivity contribution in [2.45, 2.75) is 20.8 Å². The number of benzene rings is 3. The van der Waals surface area contributed by atoms with Crippen LogP contribution in [0.4, 0.5) is 17.1 Å². The second-order valence-electron chi connectivity index (χ2n) is 7.52. The van der Waals surface area contributed by atoms with Gasteiger partial charge in [-0.2, -0.15) is 5.10 Å². The average Bonchev–Trinajstić information content (AvgIpc) is 2.77. The van der Waals surface area contributed by atoms with Gasteiger partial charge in [-0.3, -0.25) is 9.59 Å². The molecule has 0 atom stereocenters. The Hall–Kier alpha value is -4.46. The van der Waals surface area contributed by atoms with Crippen LogP contribution in [0.3, 0.4) is 0 Å². The number of amides is 2. The highest BCUT2D eigenvalue weighted by molar-refractivity contribution is 6.39. The monoisotopic (exact) mass is 444 g/mol. The van der Waals surface area contributed by atoms with Crippen LogP contribution in [0.15, 0.2) is 65.8 Å². The van der Waals surface area contributed by atoms with Gasteiger partial charge in [0.1, 0.15) is 0 Å². The van der Waals surface area contributed by atoms with Gasteiger partial charge in [0, 0.05) is 22.6 Å². The molecule has 8 nitrogen and oxygen atoms in total. The zero-order valence-corrected chi connectivity index (χ0v) is 18.5. The van der Waals surface area contributed by atoms with Gasteiger partial charge in [-0.05, 0) is 62.2 Å². The van der Waals surface area contributed by atoms with Gasteiger partial charge in [-0.1, -0.05) is 35.9 Å². The lowest BCUT2D eigenvalue weighted by Crippen LogP contribution is -2.32. The number of carboxylic acids is 1. The fourth-order valence-electron chi connectivity index (χ4n) is 3.12. The van der Waals surface area contributed by atoms with Crippen LogP contribution in [0.5, 0.6) is 0 Å². The van der Waals surface area contributed by atoms with Gasteiger partial charge >= 0.3 is 17.8 Å². The van der Waals surface area contributed by atoms with E-state index in [9.17, 15) is 19.5 Å². The van der Waals surface area contributed by atoms with Crippen molar-refractivity contribution in [1.29, 1.82) is 0 Å². The molecule has 168 valence electrons. The molecule has 0 saturated heterocycles. The summed E-state index contributed by atoms with van der Waals surface area (Å²) in [5.74, 6) is -2.91. The van der Waals surface area contributed by atoms with E-state index in [2.05, 4.69) is 21.2 Å². The molecule has 0 aromatic heterocycles. The average molecular weight is 444 g/mol. The van der Waals surface area contributed by atoms with Crippen molar-refractivity contribution in [3.8, 4) is 0 Å². The quantitative estimate of drug-likeness (QED) is 0.259. The summed E-state index contributed by atoms with van der Waals surface area (Å²) in [6.45, 7) is 5.70. The standard InChI is InChI=1S/C25H24N4O4/c1-15-8-10-21(17(3)12-15)28-23(30)24(31)29-26-14-19-13-18(25(32)33)9-11-22(19)27-20-7-5-4-6-16(20)2/h4-14,27H,1-3H3,(H,28,30)(H,29,31)(H,32,33)/b26-14-. The number of para-hydroxylation sites is 1. The Labute approximate surface area is 191 Å². The second kappa shape index (κ2) is 10.2. The van der Waals surface area contributed by atoms with Crippen LogP contribution < -0.4 is 16.1 Å². The van der Waals surface area contributed by atoms with E-state index in [0.717, 1.165) is 22.4 Å². The first kappa shape index (κ1) is 23.2. The minimum Gasteiger partial charge on any atom is -0.478 e. The van der Waals surface area contributed by atoms with Crippen LogP contribution in [0.2, 0.25) is 0 Å². The van der Waals surface area contributed by atoms with Crippen molar-refractivity contribution in [1.82, 2.24) is 5.43 Å². The number of carboxylic acid groups (broad SMARTS) is 1. The van der Waals surface area contributed by atoms with E-state index in [0.29, 0.717) is 16.9 Å². The molecule has 0 spiro atoms. The van der Waals surface area contributed by atoms with E-state index in [-0.39, 0.29) is 5.56 Å². The summed E-state index contributed by atoms with van der Waals surface area (Å²) in [5.41, 5.74) is 7.49. The third-order valence-electron chi connectivity index (χ3n) is 4.92. The van der Waals surface area contributed by atoms with Crippen LogP contribution in [0, 0.1) is 20.8 Å². The molecule has 0 unspecified atom stereocenters. The Balaban J connectivity index is 1.75. The van der Waals surface area contributed by atoms with E-state index in [1.807, 2.05) is 57.2 Å². The minimum atomic E-state index is -1.09. The lowest BCUT2D eigenvalue weighted by molar-refractivity contribution is -0.136. The molecule has 3 rings (SSSR count). The molecule has 0 aliphatic carbocycles. The Morgan fingerprint density at radius 2 is 1.55 bits per heavy atom. The Kier molecular flexibility index (Phi) is 7.20. The smallest absolute Gasteiger partial charge is 0.335 e. The first-order chi connectivity index (χ1) is 15.7. The maximum atomic E-state index is 12.2. The van der Waals surface area contributed by atoms with Crippen molar-refractivity contribution < 1.29 is 19.5 Å². The minimum absolute atomic E-state index is 0.0608. The van der Waals surface area contributed by atoms with Crippen LogP contribution in [0.25, 0.3) is 0 Å². The summed E-state index contributed by atoms with van der Waals surface area (Å²) in [5, 5.41) is 18.9. The van der Waals surface area contributed by atoms with Crippen molar-refractivity contribution in [3.05, 3.63) is 88.5 Å². The SMILES string of the molecule is Cc1ccc(NC(=O)C(=O)N/N=C\c2cc(C(=O)O)ccc2Nc2ccccc2C)c(C)c1. The largest absolute Gasteiger partial charge is 0.478 e. The molecule has 33 heavy (non-hydrogen) atoms. The zero-order valence-electron chi connectivity index (χ0n) is 18.5. The van der Waals surface area contributed by atoms with Gasteiger partial charge in [-0.15, -0.1) is 0 Å². The lowest BCUT2D eigenvalue weighted by atomic mass is 10.1. The van der Waals surface area contributed by atoms with Crippen molar-refractivity contribution in [3.63, 3.8) is 0 Å². The van der Waals surface area contributed by atoms with Gasteiger partial charge < -0.3 is 15.7 Å². The fraction of sp³-hybridized carbons (Fsp3) is 0.120. The molecular weight excluding hydrogens is 420 g/mol. The van der Waals surface area contributed by atoms with E-state index in [1.54, 1.807) is 12.1 Å². The van der Waals surface area contributed by atoms with Gasteiger partial charge in [-0.25, -0.2) is 10.2 Å². The van der Waals surface area contributed by atoms with Gasteiger partial charge in [0.2, 0.25) is 0 Å². The predicted molar refractivity (Wildman–Crippen MR) is 128 cm³/mol. The Bertz CT molecular complexity index is 1250. The molecule has 2 amide bonds. The molecule has 0 bridgehead atoms. The van der Waals surface area contributed by atoms with E-state index < -0.39 is 17.8 Å². The number of hydrogen-bond donors (Lipinski definition) is 4. The zero-order chi connectivity index (χ0) is 24.0. The first-order valence-electron chi connectivity index (χ1n) is 10.2. The van der Waals surface area contributed by atoms with Crippen molar-refractivity contribution >= 4 is 41.1 Å². The third kappa shape index (κ3) is 6.04. The molecule has 0 radical (unpaired) electrons. The summed E-state index contributed by atoms with van der Waals surface area (Å²) in [6, 6.07) is 17.6. The van der Waals surface area contributed by atoms with Crippen LogP contribution in [0.1, 0.15) is 32.6 Å². The van der Waals surface area contributed by atoms with E-state index in [1.165, 1.54) is 18.3 Å². The highest BCUT2D eigenvalue weighted by Crippen LogP contribution is 2.23. The summed E-state index contributed by atoms with van der Waals surface area (Å²) in [7, 11) is 0. The summed E-state index contributed by atoms with van der Waals surface area (Å²) < 4.78 is 0. The molecule has 3 aromatic rings. The van der Waals surface area contributed by atoms with E-state index in [4.69, 9.17) is 0 Å². The molecule has 0 heterocycles. The topological polar surface area (TPSA) is 120 Å². The van der Waals surface area contributed by atoms with Crippen LogP contribution >= 0.6 is 0 Å². The maximum Gasteiger partial charge on any atom is 0.335 e. The Morgan fingerprint density at radius 1 is 0.818 bits per heavy atom. The van der Waals surface area contributed by atoms with Crippen LogP contribution in [-0.4, -0.2) is 29.1 Å². The lowest BCUT2D eigenvalue weighted by Gasteiger charge is -2.12. The number of aryl methyl sites for hydroxylation is 3. The number of rotatable bonds is 6. The van der Waals surface area contributed by atoms with Gasteiger partial charge in [0.05, 0.1) is 11.8 Å². The summed E-state index contributed by atoms with van der Waals surface area (Å²) in [4.78, 5) is 35.7. The number of nitrogens with one attached hydrogen (secondary N) is 3. The number of hydrazone groups is 1. The number of carbonyl (C=O) groups is 3. The number of nitrogens with zero attached hydrogens (tertiary/aromatic N) is 1. The number of anilines is 3. The molecule has 4 N–H and O–H groups in total. The maximum absolute atomic E-state index is 12.2. The molecule has 3 aromatic carbocycles. The highest BCUT2D eigenvalue weighted by atomic mass is 16.4. The normalized spacial score (nSPS) is 10.6. The highest BCUT2D eigenvalue weighted by Gasteiger charge is 2.14. The summed E-state index contributed by atoms with van der Waals surface area (Å²) >= 11 is 0. The fourth-order valence-corrected chi connectivity index (χ4v) is 3.12. The number of hydrogen-bond acceptors (Lipinski definition) is 5. The Morgan fingerprint density at radius 3 is 2.24 bits per heavy atom. The predicted octanol–water partition coefficient (Wildman–Crippen LogP) is 4.14.